The molecule has 0 spiro atoms. The molecule has 3 aromatic rings. The monoisotopic (exact) mass is 456 g/mol. The lowest BCUT2D eigenvalue weighted by Crippen LogP contribution is -2.46. The van der Waals surface area contributed by atoms with E-state index in [0.29, 0.717) is 39.3 Å². The number of hydrogen-bond acceptors (Lipinski definition) is 6. The molecule has 1 aliphatic heterocycles. The second-order valence-electron chi connectivity index (χ2n) is 8.09. The van der Waals surface area contributed by atoms with Crippen molar-refractivity contribution >= 4 is 40.4 Å². The molecule has 0 aliphatic carbocycles. The third-order valence-electron chi connectivity index (χ3n) is 5.76. The molecule has 0 saturated heterocycles. The molecule has 1 heterocycles. The van der Waals surface area contributed by atoms with Crippen molar-refractivity contribution in [3.05, 3.63) is 95.1 Å². The lowest BCUT2D eigenvalue weighted by atomic mass is 9.92. The van der Waals surface area contributed by atoms with Gasteiger partial charge in [0.1, 0.15) is 5.54 Å². The van der Waals surface area contributed by atoms with E-state index in [2.05, 4.69) is 10.6 Å². The zero-order chi connectivity index (χ0) is 24.5. The van der Waals surface area contributed by atoms with Gasteiger partial charge in [0.15, 0.2) is 0 Å². The highest BCUT2D eigenvalue weighted by Gasteiger charge is 2.30. The van der Waals surface area contributed by atoms with Gasteiger partial charge in [-0.25, -0.2) is 4.79 Å². The molecule has 4 rings (SSSR count). The van der Waals surface area contributed by atoms with Gasteiger partial charge in [-0.3, -0.25) is 9.59 Å². The summed E-state index contributed by atoms with van der Waals surface area (Å²) in [6, 6.07) is 21.3. The molecule has 2 amide bonds. The number of methoxy groups -OCH3 is 1. The van der Waals surface area contributed by atoms with E-state index in [4.69, 9.17) is 16.2 Å². The lowest BCUT2D eigenvalue weighted by molar-refractivity contribution is -0.122. The highest BCUT2D eigenvalue weighted by atomic mass is 16.5. The van der Waals surface area contributed by atoms with Gasteiger partial charge in [0.25, 0.3) is 5.91 Å². The molecule has 0 saturated carbocycles. The summed E-state index contributed by atoms with van der Waals surface area (Å²) >= 11 is 0. The summed E-state index contributed by atoms with van der Waals surface area (Å²) < 4.78 is 4.78. The summed E-state index contributed by atoms with van der Waals surface area (Å²) in [6.07, 6.45) is 0. The van der Waals surface area contributed by atoms with Gasteiger partial charge in [-0.1, -0.05) is 48.5 Å². The molecule has 3 aromatic carbocycles. The standard InChI is InChI=1S/C26H24N4O4/c1-26(28,25(27)33)17-9-11-18(12-10-17)29-22(15-6-4-3-5-7-15)21-19-13-8-16(24(32)34-2)14-20(19)30-23(21)31/h3-14,29H,28H2,1-2H3,(H2,27,33)(H,30,31)/b22-21+. The fraction of sp³-hybridized carbons (Fsp3) is 0.115. The predicted octanol–water partition coefficient (Wildman–Crippen LogP) is 3.06. The number of nitrogens with two attached hydrogens (primary N) is 2. The van der Waals surface area contributed by atoms with Crippen LogP contribution in [0, 0.1) is 0 Å². The summed E-state index contributed by atoms with van der Waals surface area (Å²) in [5.41, 5.74) is 14.7. The summed E-state index contributed by atoms with van der Waals surface area (Å²) in [5.74, 6) is -1.42. The first-order valence-electron chi connectivity index (χ1n) is 10.5. The molecule has 0 radical (unpaired) electrons. The second-order valence-corrected chi connectivity index (χ2v) is 8.09. The quantitative estimate of drug-likeness (QED) is 0.332. The number of carbonyl (C=O) groups is 3. The number of primary amides is 1. The van der Waals surface area contributed by atoms with Gasteiger partial charge in [0.05, 0.1) is 29.6 Å². The Morgan fingerprint density at radius 2 is 1.65 bits per heavy atom. The number of anilines is 2. The van der Waals surface area contributed by atoms with E-state index in [0.717, 1.165) is 5.56 Å². The zero-order valence-electron chi connectivity index (χ0n) is 18.7. The van der Waals surface area contributed by atoms with Crippen LogP contribution in [-0.2, 0) is 19.9 Å². The number of fused-ring (bicyclic) bond motifs is 1. The Balaban J connectivity index is 1.79. The van der Waals surface area contributed by atoms with E-state index in [-0.39, 0.29) is 5.91 Å². The third-order valence-corrected chi connectivity index (χ3v) is 5.76. The van der Waals surface area contributed by atoms with Crippen LogP contribution in [0.4, 0.5) is 11.4 Å². The van der Waals surface area contributed by atoms with E-state index in [1.807, 2.05) is 30.3 Å². The Labute approximate surface area is 196 Å². The van der Waals surface area contributed by atoms with E-state index in [1.54, 1.807) is 49.4 Å². The lowest BCUT2D eigenvalue weighted by Gasteiger charge is -2.21. The van der Waals surface area contributed by atoms with Crippen molar-refractivity contribution in [1.29, 1.82) is 0 Å². The first kappa shape index (κ1) is 22.8. The molecule has 1 unspecified atom stereocenters. The van der Waals surface area contributed by atoms with E-state index in [1.165, 1.54) is 7.11 Å². The summed E-state index contributed by atoms with van der Waals surface area (Å²) in [7, 11) is 1.30. The Morgan fingerprint density at radius 1 is 0.971 bits per heavy atom. The van der Waals surface area contributed by atoms with Crippen molar-refractivity contribution in [3.8, 4) is 0 Å². The molecular weight excluding hydrogens is 432 g/mol. The minimum Gasteiger partial charge on any atom is -0.465 e. The first-order valence-corrected chi connectivity index (χ1v) is 10.5. The van der Waals surface area contributed by atoms with Crippen LogP contribution in [-0.4, -0.2) is 24.9 Å². The maximum Gasteiger partial charge on any atom is 0.337 e. The number of nitrogens with one attached hydrogen (secondary N) is 2. The van der Waals surface area contributed by atoms with Gasteiger partial charge < -0.3 is 26.8 Å². The van der Waals surface area contributed by atoms with Gasteiger partial charge in [-0.15, -0.1) is 0 Å². The number of hydrogen-bond donors (Lipinski definition) is 4. The minimum absolute atomic E-state index is 0.303. The second kappa shape index (κ2) is 8.84. The van der Waals surface area contributed by atoms with Crippen molar-refractivity contribution in [2.24, 2.45) is 11.5 Å². The maximum absolute atomic E-state index is 13.1. The zero-order valence-corrected chi connectivity index (χ0v) is 18.7. The van der Waals surface area contributed by atoms with Crippen LogP contribution >= 0.6 is 0 Å². The normalized spacial score (nSPS) is 15.6. The van der Waals surface area contributed by atoms with E-state index >= 15 is 0 Å². The predicted molar refractivity (Wildman–Crippen MR) is 130 cm³/mol. The van der Waals surface area contributed by atoms with Crippen LogP contribution in [0.1, 0.15) is 34.0 Å². The molecule has 0 bridgehead atoms. The van der Waals surface area contributed by atoms with Crippen molar-refractivity contribution in [2.75, 3.05) is 17.7 Å². The third kappa shape index (κ3) is 4.14. The number of rotatable bonds is 6. The smallest absolute Gasteiger partial charge is 0.337 e. The van der Waals surface area contributed by atoms with Gasteiger partial charge in [-0.2, -0.15) is 0 Å². The molecule has 172 valence electrons. The fourth-order valence-corrected chi connectivity index (χ4v) is 3.74. The number of ether oxygens (including phenoxy) is 1. The minimum atomic E-state index is -1.30. The molecule has 6 N–H and O–H groups in total. The molecular formula is C26H24N4O4. The van der Waals surface area contributed by atoms with Gasteiger partial charge in [-0.05, 0) is 42.3 Å². The topological polar surface area (TPSA) is 137 Å². The molecule has 8 nitrogen and oxygen atoms in total. The average Bonchev–Trinajstić information content (AvgIpc) is 3.17. The van der Waals surface area contributed by atoms with E-state index in [9.17, 15) is 14.4 Å². The average molecular weight is 457 g/mol. The first-order chi connectivity index (χ1) is 16.2. The Morgan fingerprint density at radius 3 is 2.26 bits per heavy atom. The number of carbonyl (C=O) groups excluding carboxylic acids is 3. The van der Waals surface area contributed by atoms with Gasteiger partial charge >= 0.3 is 5.97 Å². The molecule has 0 aromatic heterocycles. The fourth-order valence-electron chi connectivity index (χ4n) is 3.74. The summed E-state index contributed by atoms with van der Waals surface area (Å²) in [4.78, 5) is 36.7. The van der Waals surface area contributed by atoms with Gasteiger partial charge in [0.2, 0.25) is 5.91 Å². The van der Waals surface area contributed by atoms with Gasteiger partial charge in [0, 0.05) is 11.3 Å². The highest BCUT2D eigenvalue weighted by Crippen LogP contribution is 2.38. The highest BCUT2D eigenvalue weighted by molar-refractivity contribution is 6.37. The summed E-state index contributed by atoms with van der Waals surface area (Å²) in [6.45, 7) is 1.55. The van der Waals surface area contributed by atoms with Crippen molar-refractivity contribution < 1.29 is 19.1 Å². The number of esters is 1. The molecule has 1 atom stereocenters. The van der Waals surface area contributed by atoms with Crippen LogP contribution in [0.5, 0.6) is 0 Å². The Kier molecular flexibility index (Phi) is 5.91. The van der Waals surface area contributed by atoms with Crippen molar-refractivity contribution in [2.45, 2.75) is 12.5 Å². The Hall–Kier alpha value is -4.43. The van der Waals surface area contributed by atoms with Crippen LogP contribution in [0.25, 0.3) is 11.3 Å². The summed E-state index contributed by atoms with van der Waals surface area (Å²) in [5, 5.41) is 6.17. The Bertz CT molecular complexity index is 1310. The molecule has 1 aliphatic rings. The SMILES string of the molecule is COC(=O)c1ccc2c(c1)NC(=O)/C2=C(/Nc1ccc(C(C)(N)C(N)=O)cc1)c1ccccc1. The van der Waals surface area contributed by atoms with Crippen molar-refractivity contribution in [1.82, 2.24) is 0 Å². The van der Waals surface area contributed by atoms with Crippen LogP contribution in [0.15, 0.2) is 72.8 Å². The molecule has 0 fully saturated rings. The van der Waals surface area contributed by atoms with Crippen molar-refractivity contribution in [3.63, 3.8) is 0 Å². The molecule has 34 heavy (non-hydrogen) atoms. The van der Waals surface area contributed by atoms with Crippen LogP contribution in [0.2, 0.25) is 0 Å². The number of benzene rings is 3. The molecule has 8 heteroatoms. The van der Waals surface area contributed by atoms with Crippen LogP contribution in [0.3, 0.4) is 0 Å². The maximum atomic E-state index is 13.1. The van der Waals surface area contributed by atoms with E-state index < -0.39 is 17.4 Å². The largest absolute Gasteiger partial charge is 0.465 e. The number of amides is 2. The van der Waals surface area contributed by atoms with Crippen LogP contribution < -0.4 is 22.1 Å².